The van der Waals surface area contributed by atoms with E-state index in [-0.39, 0.29) is 0 Å². The van der Waals surface area contributed by atoms with Gasteiger partial charge in [0, 0.05) is 0 Å². The molecule has 0 heteroatoms. The number of hydrogen-bond acceptors (Lipinski definition) is 0. The van der Waals surface area contributed by atoms with Crippen LogP contribution in [0.2, 0.25) is 0 Å². The van der Waals surface area contributed by atoms with Crippen LogP contribution < -0.4 is 0 Å². The van der Waals surface area contributed by atoms with Gasteiger partial charge in [-0.15, -0.1) is 0 Å². The van der Waals surface area contributed by atoms with E-state index in [0.29, 0.717) is 0 Å². The van der Waals surface area contributed by atoms with Crippen molar-refractivity contribution in [2.45, 2.75) is 39.5 Å². The van der Waals surface area contributed by atoms with Crippen molar-refractivity contribution in [1.82, 2.24) is 0 Å². The standard InChI is InChI=1S/C10H18/c1-3-7(2)10-6-8-4-5-9(8)10/h7-10H,3-6H2,1-2H3. The van der Waals surface area contributed by atoms with Crippen molar-refractivity contribution >= 4 is 0 Å². The zero-order valence-corrected chi connectivity index (χ0v) is 7.14. The van der Waals surface area contributed by atoms with E-state index < -0.39 is 0 Å². The molecule has 2 rings (SSSR count). The van der Waals surface area contributed by atoms with Crippen LogP contribution in [0.3, 0.4) is 0 Å². The maximum atomic E-state index is 2.43. The highest BCUT2D eigenvalue weighted by atomic mass is 14.5. The zero-order valence-electron chi connectivity index (χ0n) is 7.14. The van der Waals surface area contributed by atoms with E-state index in [1.165, 1.54) is 18.3 Å². The predicted molar refractivity (Wildman–Crippen MR) is 43.8 cm³/mol. The summed E-state index contributed by atoms with van der Waals surface area (Å²) in [5, 5.41) is 0. The molecule has 0 aromatic rings. The monoisotopic (exact) mass is 138 g/mol. The van der Waals surface area contributed by atoms with Gasteiger partial charge in [0.25, 0.3) is 0 Å². The van der Waals surface area contributed by atoms with Crippen LogP contribution in [0.1, 0.15) is 39.5 Å². The molecule has 0 N–H and O–H groups in total. The second-order valence-electron chi connectivity index (χ2n) is 4.29. The van der Waals surface area contributed by atoms with Crippen LogP contribution in [0.15, 0.2) is 0 Å². The summed E-state index contributed by atoms with van der Waals surface area (Å²) >= 11 is 0. The number of rotatable bonds is 2. The van der Waals surface area contributed by atoms with Gasteiger partial charge in [-0.25, -0.2) is 0 Å². The molecule has 4 unspecified atom stereocenters. The lowest BCUT2D eigenvalue weighted by Gasteiger charge is -2.55. The molecular weight excluding hydrogens is 120 g/mol. The van der Waals surface area contributed by atoms with Crippen LogP contribution in [-0.4, -0.2) is 0 Å². The SMILES string of the molecule is CCC(C)C1CC2CCC21. The van der Waals surface area contributed by atoms with Gasteiger partial charge in [0.2, 0.25) is 0 Å². The topological polar surface area (TPSA) is 0 Å². The first kappa shape index (κ1) is 6.69. The van der Waals surface area contributed by atoms with Gasteiger partial charge in [-0.05, 0) is 42.9 Å². The number of hydrogen-bond donors (Lipinski definition) is 0. The first-order chi connectivity index (χ1) is 4.83. The third kappa shape index (κ3) is 0.741. The van der Waals surface area contributed by atoms with Crippen LogP contribution in [0.25, 0.3) is 0 Å². The Bertz CT molecular complexity index is 124. The molecule has 4 atom stereocenters. The molecule has 0 amide bonds. The minimum atomic E-state index is 1.02. The van der Waals surface area contributed by atoms with Crippen molar-refractivity contribution in [3.63, 3.8) is 0 Å². The molecule has 0 aliphatic heterocycles. The zero-order chi connectivity index (χ0) is 7.14. The molecule has 10 heavy (non-hydrogen) atoms. The minimum Gasteiger partial charge on any atom is -0.0651 e. The molecule has 0 radical (unpaired) electrons. The average molecular weight is 138 g/mol. The Labute approximate surface area is 64.0 Å². The number of fused-ring (bicyclic) bond motifs is 1. The van der Waals surface area contributed by atoms with E-state index >= 15 is 0 Å². The molecule has 2 aliphatic rings. The van der Waals surface area contributed by atoms with Crippen molar-refractivity contribution in [1.29, 1.82) is 0 Å². The fourth-order valence-corrected chi connectivity index (χ4v) is 2.74. The summed E-state index contributed by atoms with van der Waals surface area (Å²) in [6.07, 6.45) is 6.07. The highest BCUT2D eigenvalue weighted by Gasteiger charge is 2.48. The summed E-state index contributed by atoms with van der Waals surface area (Å²) in [5.41, 5.74) is 0. The fraction of sp³-hybridized carbons (Fsp3) is 1.00. The molecule has 0 nitrogen and oxygen atoms in total. The van der Waals surface area contributed by atoms with E-state index in [4.69, 9.17) is 0 Å². The molecule has 0 spiro atoms. The lowest BCUT2D eigenvalue weighted by Crippen LogP contribution is -2.46. The molecule has 0 saturated heterocycles. The van der Waals surface area contributed by atoms with Crippen molar-refractivity contribution in [3.8, 4) is 0 Å². The van der Waals surface area contributed by atoms with Gasteiger partial charge in [0.1, 0.15) is 0 Å². The average Bonchev–Trinajstić information content (AvgIpc) is 1.93. The Kier molecular flexibility index (Phi) is 1.51. The van der Waals surface area contributed by atoms with Crippen LogP contribution in [0, 0.1) is 23.7 Å². The summed E-state index contributed by atoms with van der Waals surface area (Å²) in [5.74, 6) is 4.50. The summed E-state index contributed by atoms with van der Waals surface area (Å²) in [7, 11) is 0. The van der Waals surface area contributed by atoms with Gasteiger partial charge in [0.15, 0.2) is 0 Å². The summed E-state index contributed by atoms with van der Waals surface area (Å²) in [4.78, 5) is 0. The summed E-state index contributed by atoms with van der Waals surface area (Å²) in [6, 6.07) is 0. The van der Waals surface area contributed by atoms with Gasteiger partial charge in [-0.1, -0.05) is 20.3 Å². The van der Waals surface area contributed by atoms with Crippen LogP contribution in [0.4, 0.5) is 0 Å². The molecule has 2 fully saturated rings. The maximum absolute atomic E-state index is 2.43. The highest BCUT2D eigenvalue weighted by molar-refractivity contribution is 4.97. The predicted octanol–water partition coefficient (Wildman–Crippen LogP) is 3.08. The molecule has 58 valence electrons. The Hall–Kier alpha value is 0. The van der Waals surface area contributed by atoms with E-state index in [1.54, 1.807) is 19.3 Å². The maximum Gasteiger partial charge on any atom is -0.0355 e. The molecule has 0 aromatic carbocycles. The summed E-state index contributed by atoms with van der Waals surface area (Å²) in [6.45, 7) is 4.76. The molecular formula is C10H18. The fourth-order valence-electron chi connectivity index (χ4n) is 2.74. The van der Waals surface area contributed by atoms with Crippen molar-refractivity contribution in [2.24, 2.45) is 23.7 Å². The van der Waals surface area contributed by atoms with Gasteiger partial charge < -0.3 is 0 Å². The van der Waals surface area contributed by atoms with Crippen molar-refractivity contribution in [3.05, 3.63) is 0 Å². The summed E-state index contributed by atoms with van der Waals surface area (Å²) < 4.78 is 0. The third-order valence-electron chi connectivity index (χ3n) is 3.98. The first-order valence-electron chi connectivity index (χ1n) is 4.83. The van der Waals surface area contributed by atoms with Crippen LogP contribution >= 0.6 is 0 Å². The van der Waals surface area contributed by atoms with Gasteiger partial charge >= 0.3 is 0 Å². The van der Waals surface area contributed by atoms with Gasteiger partial charge in [-0.2, -0.15) is 0 Å². The minimum absolute atomic E-state index is 1.02. The Morgan fingerprint density at radius 1 is 1.40 bits per heavy atom. The molecule has 0 heterocycles. The van der Waals surface area contributed by atoms with Gasteiger partial charge in [-0.3, -0.25) is 0 Å². The largest absolute Gasteiger partial charge is 0.0651 e. The third-order valence-corrected chi connectivity index (χ3v) is 3.98. The Balaban J connectivity index is 1.85. The van der Waals surface area contributed by atoms with E-state index in [2.05, 4.69) is 13.8 Å². The van der Waals surface area contributed by atoms with E-state index in [9.17, 15) is 0 Å². The van der Waals surface area contributed by atoms with Crippen molar-refractivity contribution < 1.29 is 0 Å². The molecule has 0 aromatic heterocycles. The Morgan fingerprint density at radius 3 is 2.50 bits per heavy atom. The van der Waals surface area contributed by atoms with E-state index in [1.807, 2.05) is 0 Å². The lowest BCUT2D eigenvalue weighted by atomic mass is 9.50. The Morgan fingerprint density at radius 2 is 2.20 bits per heavy atom. The molecule has 2 aliphatic carbocycles. The van der Waals surface area contributed by atoms with Gasteiger partial charge in [0.05, 0.1) is 0 Å². The normalized spacial score (nSPS) is 46.8. The van der Waals surface area contributed by atoms with Crippen LogP contribution in [0.5, 0.6) is 0 Å². The van der Waals surface area contributed by atoms with Crippen LogP contribution in [-0.2, 0) is 0 Å². The smallest absolute Gasteiger partial charge is 0.0355 e. The molecule has 0 bridgehead atoms. The highest BCUT2D eigenvalue weighted by Crippen LogP contribution is 2.57. The van der Waals surface area contributed by atoms with E-state index in [0.717, 1.165) is 11.8 Å². The second-order valence-corrected chi connectivity index (χ2v) is 4.29. The lowest BCUT2D eigenvalue weighted by molar-refractivity contribution is -0.0548. The quantitative estimate of drug-likeness (QED) is 0.550. The van der Waals surface area contributed by atoms with Crippen molar-refractivity contribution in [2.75, 3.05) is 0 Å². The first-order valence-corrected chi connectivity index (χ1v) is 4.83. The molecule has 2 saturated carbocycles. The second kappa shape index (κ2) is 2.25.